The van der Waals surface area contributed by atoms with Crippen molar-refractivity contribution in [2.75, 3.05) is 51.9 Å². The fourth-order valence-electron chi connectivity index (χ4n) is 7.46. The summed E-state index contributed by atoms with van der Waals surface area (Å²) < 4.78 is 0. The molecule has 2 aliphatic rings. The number of benzene rings is 4. The van der Waals surface area contributed by atoms with E-state index >= 15 is 0 Å². The van der Waals surface area contributed by atoms with Crippen LogP contribution in [0.5, 0.6) is 0 Å². The summed E-state index contributed by atoms with van der Waals surface area (Å²) in [5.74, 6) is -0.522. The van der Waals surface area contributed by atoms with E-state index in [1.54, 1.807) is 9.80 Å². The Morgan fingerprint density at radius 1 is 0.538 bits per heavy atom. The zero-order valence-corrected chi connectivity index (χ0v) is 30.4. The number of hydrogen-bond acceptors (Lipinski definition) is 6. The predicted octanol–water partition coefficient (Wildman–Crippen LogP) is 5.82. The van der Waals surface area contributed by atoms with Crippen LogP contribution in [0, 0.1) is 0 Å². The van der Waals surface area contributed by atoms with Crippen LogP contribution >= 0.6 is 0 Å². The fraction of sp³-hybridized carbons (Fsp3) is 0.333. The van der Waals surface area contributed by atoms with E-state index in [0.717, 1.165) is 35.1 Å². The van der Waals surface area contributed by atoms with Gasteiger partial charge in [0.25, 0.3) is 0 Å². The van der Waals surface area contributed by atoms with Gasteiger partial charge in [0.2, 0.25) is 23.6 Å². The summed E-state index contributed by atoms with van der Waals surface area (Å²) in [5.41, 5.74) is 5.02. The number of carbonyl (C=O) groups excluding carboxylic acids is 4. The Morgan fingerprint density at radius 3 is 1.21 bits per heavy atom. The van der Waals surface area contributed by atoms with Gasteiger partial charge < -0.3 is 20.4 Å². The summed E-state index contributed by atoms with van der Waals surface area (Å²) in [5, 5.41) is 6.04. The van der Waals surface area contributed by atoms with Crippen LogP contribution in [0.4, 0.5) is 11.4 Å². The number of nitrogens with one attached hydrogen (secondary N) is 2. The van der Waals surface area contributed by atoms with Crippen molar-refractivity contribution in [2.24, 2.45) is 0 Å². The van der Waals surface area contributed by atoms with Gasteiger partial charge >= 0.3 is 0 Å². The van der Waals surface area contributed by atoms with Crippen LogP contribution in [0.1, 0.15) is 48.9 Å². The van der Waals surface area contributed by atoms with Gasteiger partial charge in [-0.1, -0.05) is 84.9 Å². The molecule has 2 saturated heterocycles. The molecule has 2 heterocycles. The van der Waals surface area contributed by atoms with Gasteiger partial charge in [-0.05, 0) is 100 Å². The highest BCUT2D eigenvalue weighted by Gasteiger charge is 2.39. The zero-order chi connectivity index (χ0) is 36.8. The molecular formula is C42H48N6O4. The standard InChI is InChI=1S/C42H48N6O4/c1-45(2)37(31-13-7-5-8-14-31)41(51)47-27-11-17-35(47)39(49)43-33-23-19-29(20-24-33)30-21-25-34(26-22-30)44-40(50)36-18-12-28-48(36)42(52)38(46(3)4)32-15-9-6-10-16-32/h5-10,13-16,19-26,35-38H,11-12,17-18,27-28H2,1-4H3,(H,43,49)(H,44,50)/t35?,36?,37-,38-/m0/s1. The van der Waals surface area contributed by atoms with Crippen molar-refractivity contribution < 1.29 is 19.2 Å². The molecular weight excluding hydrogens is 652 g/mol. The number of nitrogens with zero attached hydrogens (tertiary/aromatic N) is 4. The molecule has 0 spiro atoms. The smallest absolute Gasteiger partial charge is 0.247 e. The van der Waals surface area contributed by atoms with Crippen LogP contribution in [0.2, 0.25) is 0 Å². The minimum absolute atomic E-state index is 0.0704. The first-order valence-electron chi connectivity index (χ1n) is 18.0. The minimum atomic E-state index is -0.534. The molecule has 4 aromatic rings. The first kappa shape index (κ1) is 36.5. The monoisotopic (exact) mass is 700 g/mol. The van der Waals surface area contributed by atoms with E-state index in [2.05, 4.69) is 10.6 Å². The topological polar surface area (TPSA) is 105 Å². The van der Waals surface area contributed by atoms with Gasteiger partial charge in [-0.25, -0.2) is 0 Å². The van der Waals surface area contributed by atoms with Crippen molar-refractivity contribution in [2.45, 2.75) is 49.9 Å². The lowest BCUT2D eigenvalue weighted by molar-refractivity contribution is -0.141. The number of anilines is 2. The largest absolute Gasteiger partial charge is 0.329 e. The van der Waals surface area contributed by atoms with Crippen LogP contribution in [0.15, 0.2) is 109 Å². The number of amides is 4. The van der Waals surface area contributed by atoms with Gasteiger partial charge in [0.05, 0.1) is 0 Å². The van der Waals surface area contributed by atoms with Gasteiger partial charge in [0, 0.05) is 24.5 Å². The number of likely N-dealkylation sites (tertiary alicyclic amines) is 2. The second-order valence-electron chi connectivity index (χ2n) is 14.1. The van der Waals surface area contributed by atoms with Crippen molar-refractivity contribution in [1.82, 2.24) is 19.6 Å². The Morgan fingerprint density at radius 2 is 0.885 bits per heavy atom. The second kappa shape index (κ2) is 16.4. The molecule has 4 atom stereocenters. The van der Waals surface area contributed by atoms with Crippen LogP contribution < -0.4 is 10.6 Å². The molecule has 0 bridgehead atoms. The predicted molar refractivity (Wildman–Crippen MR) is 204 cm³/mol. The number of carbonyl (C=O) groups is 4. The average molecular weight is 701 g/mol. The highest BCUT2D eigenvalue weighted by Crippen LogP contribution is 2.30. The van der Waals surface area contributed by atoms with E-state index in [0.29, 0.717) is 37.3 Å². The Hall–Kier alpha value is -5.32. The van der Waals surface area contributed by atoms with Gasteiger partial charge in [-0.2, -0.15) is 0 Å². The number of likely N-dealkylation sites (N-methyl/N-ethyl adjacent to an activating group) is 2. The van der Waals surface area contributed by atoms with Gasteiger partial charge in [-0.15, -0.1) is 0 Å². The summed E-state index contributed by atoms with van der Waals surface area (Å²) in [4.78, 5) is 61.5. The Balaban J connectivity index is 1.06. The van der Waals surface area contributed by atoms with Crippen molar-refractivity contribution in [3.05, 3.63) is 120 Å². The second-order valence-corrected chi connectivity index (χ2v) is 14.1. The maximum Gasteiger partial charge on any atom is 0.247 e. The van der Waals surface area contributed by atoms with Gasteiger partial charge in [0.15, 0.2) is 0 Å². The lowest BCUT2D eigenvalue weighted by Gasteiger charge is -2.31. The van der Waals surface area contributed by atoms with Crippen molar-refractivity contribution in [3.63, 3.8) is 0 Å². The summed E-state index contributed by atoms with van der Waals surface area (Å²) >= 11 is 0. The van der Waals surface area contributed by atoms with E-state index < -0.39 is 24.2 Å². The summed E-state index contributed by atoms with van der Waals surface area (Å²) in [7, 11) is 7.53. The van der Waals surface area contributed by atoms with Crippen molar-refractivity contribution in [1.29, 1.82) is 0 Å². The molecule has 0 radical (unpaired) electrons. The quantitative estimate of drug-likeness (QED) is 0.205. The SMILES string of the molecule is CN(C)[C@H](C(=O)N1CCCC1C(=O)Nc1ccc(-c2ccc(NC(=O)C3CCCN3C(=O)[C@H](c3ccccc3)N(C)C)cc2)cc1)c1ccccc1. The molecule has 2 fully saturated rings. The lowest BCUT2D eigenvalue weighted by atomic mass is 10.0. The highest BCUT2D eigenvalue weighted by molar-refractivity contribution is 5.99. The lowest BCUT2D eigenvalue weighted by Crippen LogP contribution is -2.47. The van der Waals surface area contributed by atoms with Gasteiger partial charge in [0.1, 0.15) is 24.2 Å². The van der Waals surface area contributed by atoms with Crippen LogP contribution in [0.25, 0.3) is 11.1 Å². The van der Waals surface area contributed by atoms with E-state index in [-0.39, 0.29) is 23.6 Å². The third-order valence-electron chi connectivity index (χ3n) is 10.0. The molecule has 2 N–H and O–H groups in total. The maximum absolute atomic E-state index is 13.7. The molecule has 0 aliphatic carbocycles. The first-order valence-corrected chi connectivity index (χ1v) is 18.0. The molecule has 0 aromatic heterocycles. The Kier molecular flexibility index (Phi) is 11.5. The van der Waals surface area contributed by atoms with Gasteiger partial charge in [-0.3, -0.25) is 29.0 Å². The highest BCUT2D eigenvalue weighted by atomic mass is 16.2. The van der Waals surface area contributed by atoms with Crippen LogP contribution in [-0.4, -0.2) is 96.6 Å². The third kappa shape index (κ3) is 8.09. The van der Waals surface area contributed by atoms with E-state index in [4.69, 9.17) is 0 Å². The molecule has 10 heteroatoms. The fourth-order valence-corrected chi connectivity index (χ4v) is 7.46. The van der Waals surface area contributed by atoms with Crippen molar-refractivity contribution >= 4 is 35.0 Å². The molecule has 2 aliphatic heterocycles. The third-order valence-corrected chi connectivity index (χ3v) is 10.0. The summed E-state index contributed by atoms with van der Waals surface area (Å²) in [6.07, 6.45) is 2.78. The van der Waals surface area contributed by atoms with E-state index in [9.17, 15) is 19.2 Å². The molecule has 4 aromatic carbocycles. The molecule has 6 rings (SSSR count). The molecule has 10 nitrogen and oxygen atoms in total. The Bertz CT molecular complexity index is 1710. The maximum atomic E-state index is 13.7. The minimum Gasteiger partial charge on any atom is -0.329 e. The molecule has 2 unspecified atom stereocenters. The summed E-state index contributed by atoms with van der Waals surface area (Å²) in [6.45, 7) is 1.09. The van der Waals surface area contributed by atoms with Crippen molar-refractivity contribution in [3.8, 4) is 11.1 Å². The van der Waals surface area contributed by atoms with Crippen LogP contribution in [0.3, 0.4) is 0 Å². The summed E-state index contributed by atoms with van der Waals surface area (Å²) in [6, 6.07) is 32.5. The number of rotatable bonds is 11. The molecule has 270 valence electrons. The molecule has 0 saturated carbocycles. The molecule has 52 heavy (non-hydrogen) atoms. The van der Waals surface area contributed by atoms with E-state index in [1.165, 1.54) is 0 Å². The first-order chi connectivity index (χ1) is 25.1. The van der Waals surface area contributed by atoms with E-state index in [1.807, 2.05) is 147 Å². The molecule has 4 amide bonds. The average Bonchev–Trinajstić information content (AvgIpc) is 3.85. The van der Waals surface area contributed by atoms with Crippen LogP contribution in [-0.2, 0) is 19.2 Å². The Labute approximate surface area is 306 Å². The number of hydrogen-bond donors (Lipinski definition) is 2. The normalized spacial score (nSPS) is 18.3. The zero-order valence-electron chi connectivity index (χ0n) is 30.4.